The molecule has 0 spiro atoms. The number of amides is 1. The highest BCUT2D eigenvalue weighted by Gasteiger charge is 2.13. The van der Waals surface area contributed by atoms with Crippen LogP contribution in [0.5, 0.6) is 5.75 Å². The van der Waals surface area contributed by atoms with Crippen molar-refractivity contribution in [2.24, 2.45) is 0 Å². The number of carbonyl (C=O) groups is 1. The Morgan fingerprint density at radius 1 is 1.06 bits per heavy atom. The van der Waals surface area contributed by atoms with E-state index >= 15 is 0 Å². The van der Waals surface area contributed by atoms with Crippen molar-refractivity contribution in [3.05, 3.63) is 85.2 Å². The maximum atomic E-state index is 12.5. The van der Waals surface area contributed by atoms with Crippen LogP contribution in [0.3, 0.4) is 0 Å². The number of thioether (sulfide) groups is 1. The van der Waals surface area contributed by atoms with Crippen molar-refractivity contribution in [1.82, 2.24) is 14.6 Å². The molecular formula is C25H20N4O2S. The normalized spacial score (nSPS) is 11.0. The molecule has 0 saturated heterocycles. The highest BCUT2D eigenvalue weighted by molar-refractivity contribution is 8.00. The van der Waals surface area contributed by atoms with E-state index in [0.717, 1.165) is 27.2 Å². The molecule has 0 fully saturated rings. The maximum Gasteiger partial charge on any atom is 0.234 e. The van der Waals surface area contributed by atoms with Gasteiger partial charge in [-0.2, -0.15) is 5.10 Å². The number of ether oxygens (including phenoxy) is 1. The van der Waals surface area contributed by atoms with Gasteiger partial charge in [0, 0.05) is 29.7 Å². The molecule has 2 aromatic heterocycles. The first-order chi connectivity index (χ1) is 15.7. The molecule has 0 aliphatic heterocycles. The molecule has 5 rings (SSSR count). The topological polar surface area (TPSA) is 68.5 Å². The summed E-state index contributed by atoms with van der Waals surface area (Å²) in [6, 6.07) is 23.8. The number of aromatic nitrogens is 3. The van der Waals surface area contributed by atoms with Gasteiger partial charge < -0.3 is 10.1 Å². The minimum absolute atomic E-state index is 0.110. The Bertz CT molecular complexity index is 1420. The van der Waals surface area contributed by atoms with Crippen LogP contribution in [0.1, 0.15) is 0 Å². The number of nitrogens with zero attached hydrogens (tertiary/aromatic N) is 3. The van der Waals surface area contributed by atoms with E-state index < -0.39 is 0 Å². The summed E-state index contributed by atoms with van der Waals surface area (Å²) >= 11 is 1.38. The fourth-order valence-electron chi connectivity index (χ4n) is 3.62. The Balaban J connectivity index is 1.38. The minimum Gasteiger partial charge on any atom is -0.497 e. The molecule has 7 heteroatoms. The number of rotatable bonds is 6. The van der Waals surface area contributed by atoms with Crippen LogP contribution in [0.25, 0.3) is 27.5 Å². The second-order valence-corrected chi connectivity index (χ2v) is 8.15. The minimum atomic E-state index is -0.110. The summed E-state index contributed by atoms with van der Waals surface area (Å²) in [5, 5.41) is 10.7. The summed E-state index contributed by atoms with van der Waals surface area (Å²) in [6.45, 7) is 0. The monoisotopic (exact) mass is 440 g/mol. The predicted molar refractivity (Wildman–Crippen MR) is 128 cm³/mol. The smallest absolute Gasteiger partial charge is 0.234 e. The van der Waals surface area contributed by atoms with E-state index in [9.17, 15) is 4.79 Å². The van der Waals surface area contributed by atoms with E-state index in [1.54, 1.807) is 19.4 Å². The first-order valence-electron chi connectivity index (χ1n) is 10.1. The van der Waals surface area contributed by atoms with Gasteiger partial charge in [-0.15, -0.1) is 0 Å². The maximum absolute atomic E-state index is 12.5. The van der Waals surface area contributed by atoms with Gasteiger partial charge in [-0.3, -0.25) is 4.79 Å². The zero-order valence-corrected chi connectivity index (χ0v) is 18.2. The molecule has 32 heavy (non-hydrogen) atoms. The summed E-state index contributed by atoms with van der Waals surface area (Å²) in [4.78, 5) is 17.0. The summed E-state index contributed by atoms with van der Waals surface area (Å²) in [7, 11) is 1.60. The van der Waals surface area contributed by atoms with Crippen LogP contribution in [-0.2, 0) is 4.79 Å². The van der Waals surface area contributed by atoms with Crippen molar-refractivity contribution in [3.63, 3.8) is 0 Å². The molecule has 0 saturated carbocycles. The molecule has 0 atom stereocenters. The Morgan fingerprint density at radius 3 is 2.81 bits per heavy atom. The molecule has 158 valence electrons. The molecular weight excluding hydrogens is 420 g/mol. The molecule has 1 amide bonds. The lowest BCUT2D eigenvalue weighted by Gasteiger charge is -2.07. The van der Waals surface area contributed by atoms with Gasteiger partial charge >= 0.3 is 0 Å². The SMILES string of the molecule is COc1cccc(NC(=O)CSc2nccn3nc(-c4cccc5ccccc45)cc23)c1. The Kier molecular flexibility index (Phi) is 5.47. The first-order valence-corrected chi connectivity index (χ1v) is 11.1. The zero-order valence-electron chi connectivity index (χ0n) is 17.4. The van der Waals surface area contributed by atoms with Crippen LogP contribution in [-0.4, -0.2) is 33.4 Å². The van der Waals surface area contributed by atoms with Crippen molar-refractivity contribution >= 4 is 39.6 Å². The lowest BCUT2D eigenvalue weighted by molar-refractivity contribution is -0.113. The summed E-state index contributed by atoms with van der Waals surface area (Å²) in [5.74, 6) is 0.821. The van der Waals surface area contributed by atoms with E-state index in [1.807, 2.05) is 53.2 Å². The fourth-order valence-corrected chi connectivity index (χ4v) is 4.40. The number of methoxy groups -OCH3 is 1. The molecule has 0 unspecified atom stereocenters. The second-order valence-electron chi connectivity index (χ2n) is 7.19. The Morgan fingerprint density at radius 2 is 1.91 bits per heavy atom. The van der Waals surface area contributed by atoms with Crippen molar-refractivity contribution in [3.8, 4) is 17.0 Å². The molecule has 2 heterocycles. The number of carbonyl (C=O) groups excluding carboxylic acids is 1. The highest BCUT2D eigenvalue weighted by Crippen LogP contribution is 2.30. The van der Waals surface area contributed by atoms with Crippen LogP contribution in [0, 0.1) is 0 Å². The number of hydrogen-bond acceptors (Lipinski definition) is 5. The van der Waals surface area contributed by atoms with Gasteiger partial charge in [0.05, 0.1) is 24.1 Å². The standard InChI is InChI=1S/C25H20N4O2S/c1-31-19-9-5-8-18(14-19)27-24(30)16-32-25-23-15-22(28-29(23)13-12-26-25)21-11-4-7-17-6-2-3-10-20(17)21/h2-15H,16H2,1H3,(H,27,30). The predicted octanol–water partition coefficient (Wildman–Crippen LogP) is 5.29. The molecule has 0 bridgehead atoms. The van der Waals surface area contributed by atoms with Gasteiger partial charge in [-0.05, 0) is 29.0 Å². The molecule has 0 aliphatic carbocycles. The van der Waals surface area contributed by atoms with Gasteiger partial charge in [-0.25, -0.2) is 9.50 Å². The third kappa shape index (κ3) is 4.02. The van der Waals surface area contributed by atoms with Crippen LogP contribution in [0.15, 0.2) is 90.2 Å². The third-order valence-electron chi connectivity index (χ3n) is 5.11. The Labute approximate surface area is 189 Å². The summed E-state index contributed by atoms with van der Waals surface area (Å²) in [6.07, 6.45) is 3.53. The van der Waals surface area contributed by atoms with E-state index in [-0.39, 0.29) is 11.7 Å². The number of hydrogen-bond donors (Lipinski definition) is 1. The quantitative estimate of drug-likeness (QED) is 0.364. The number of anilines is 1. The van der Waals surface area contributed by atoms with Gasteiger partial charge in [-0.1, -0.05) is 60.3 Å². The average Bonchev–Trinajstić information content (AvgIpc) is 3.27. The van der Waals surface area contributed by atoms with Crippen LogP contribution >= 0.6 is 11.8 Å². The number of benzene rings is 3. The van der Waals surface area contributed by atoms with Gasteiger partial charge in [0.15, 0.2) is 0 Å². The lowest BCUT2D eigenvalue weighted by Crippen LogP contribution is -2.14. The van der Waals surface area contributed by atoms with Gasteiger partial charge in [0.2, 0.25) is 5.91 Å². The third-order valence-corrected chi connectivity index (χ3v) is 6.11. The molecule has 1 N–H and O–H groups in total. The van der Waals surface area contributed by atoms with Crippen LogP contribution < -0.4 is 10.1 Å². The number of nitrogens with one attached hydrogen (secondary N) is 1. The number of fused-ring (bicyclic) bond motifs is 2. The average molecular weight is 441 g/mol. The van der Waals surface area contributed by atoms with Crippen LogP contribution in [0.2, 0.25) is 0 Å². The van der Waals surface area contributed by atoms with E-state index in [2.05, 4.69) is 34.6 Å². The highest BCUT2D eigenvalue weighted by atomic mass is 32.2. The lowest BCUT2D eigenvalue weighted by atomic mass is 10.0. The van der Waals surface area contributed by atoms with Crippen molar-refractivity contribution < 1.29 is 9.53 Å². The largest absolute Gasteiger partial charge is 0.497 e. The van der Waals surface area contributed by atoms with Gasteiger partial charge in [0.25, 0.3) is 0 Å². The first kappa shape index (κ1) is 20.1. The Hall–Kier alpha value is -3.84. The molecule has 0 aliphatic rings. The summed E-state index contributed by atoms with van der Waals surface area (Å²) in [5.41, 5.74) is 3.51. The molecule has 3 aromatic carbocycles. The zero-order chi connectivity index (χ0) is 21.9. The summed E-state index contributed by atoms with van der Waals surface area (Å²) < 4.78 is 7.02. The van der Waals surface area contributed by atoms with Crippen molar-refractivity contribution in [1.29, 1.82) is 0 Å². The second kappa shape index (κ2) is 8.72. The van der Waals surface area contributed by atoms with E-state index in [1.165, 1.54) is 17.1 Å². The van der Waals surface area contributed by atoms with Crippen molar-refractivity contribution in [2.75, 3.05) is 18.2 Å². The fraction of sp³-hybridized carbons (Fsp3) is 0.0800. The molecule has 6 nitrogen and oxygen atoms in total. The van der Waals surface area contributed by atoms with E-state index in [4.69, 9.17) is 9.84 Å². The van der Waals surface area contributed by atoms with Crippen LogP contribution in [0.4, 0.5) is 5.69 Å². The van der Waals surface area contributed by atoms with Gasteiger partial charge in [0.1, 0.15) is 10.8 Å². The van der Waals surface area contributed by atoms with Crippen molar-refractivity contribution in [2.45, 2.75) is 5.03 Å². The van der Waals surface area contributed by atoms with E-state index in [0.29, 0.717) is 11.4 Å². The molecule has 0 radical (unpaired) electrons. The molecule has 5 aromatic rings.